The van der Waals surface area contributed by atoms with E-state index in [2.05, 4.69) is 6.92 Å². The minimum atomic E-state index is -0.530. The van der Waals surface area contributed by atoms with Crippen LogP contribution in [0.3, 0.4) is 0 Å². The van der Waals surface area contributed by atoms with Crippen molar-refractivity contribution in [3.05, 3.63) is 29.8 Å². The van der Waals surface area contributed by atoms with Crippen LogP contribution in [-0.2, 0) is 0 Å². The predicted molar refractivity (Wildman–Crippen MR) is 66.2 cm³/mol. The molecule has 0 fully saturated rings. The third-order valence-electron chi connectivity index (χ3n) is 2.36. The molecule has 1 rings (SSSR count). The maximum absolute atomic E-state index is 13.2. The number of alkyl halides is 1. The van der Waals surface area contributed by atoms with Gasteiger partial charge in [0.15, 0.2) is 0 Å². The zero-order valence-electron chi connectivity index (χ0n) is 9.18. The van der Waals surface area contributed by atoms with Gasteiger partial charge >= 0.3 is 0 Å². The molecule has 0 amide bonds. The van der Waals surface area contributed by atoms with Crippen LogP contribution in [0.5, 0.6) is 0 Å². The van der Waals surface area contributed by atoms with Gasteiger partial charge in [0.05, 0.1) is 0 Å². The normalized spacial score (nSPS) is 12.8. The summed E-state index contributed by atoms with van der Waals surface area (Å²) < 4.78 is 25.9. The SMILES string of the molecule is CC(CCCl)CCSc1ccc(F)cc1F. The van der Waals surface area contributed by atoms with Crippen molar-refractivity contribution in [2.45, 2.75) is 24.7 Å². The van der Waals surface area contributed by atoms with Crippen LogP contribution >= 0.6 is 23.4 Å². The summed E-state index contributed by atoms with van der Waals surface area (Å²) in [6.45, 7) is 2.13. The van der Waals surface area contributed by atoms with E-state index in [1.54, 1.807) is 0 Å². The summed E-state index contributed by atoms with van der Waals surface area (Å²) in [5, 5.41) is 0. The fourth-order valence-corrected chi connectivity index (χ4v) is 2.77. The fourth-order valence-electron chi connectivity index (χ4n) is 1.29. The molecule has 1 aromatic rings. The van der Waals surface area contributed by atoms with Crippen LogP contribution in [-0.4, -0.2) is 11.6 Å². The van der Waals surface area contributed by atoms with Gasteiger partial charge in [-0.2, -0.15) is 0 Å². The van der Waals surface area contributed by atoms with Crippen molar-refractivity contribution < 1.29 is 8.78 Å². The summed E-state index contributed by atoms with van der Waals surface area (Å²) >= 11 is 7.05. The molecule has 0 saturated carbocycles. The molecular weight excluding hydrogens is 250 g/mol. The lowest BCUT2D eigenvalue weighted by Crippen LogP contribution is -1.97. The summed E-state index contributed by atoms with van der Waals surface area (Å²) in [4.78, 5) is 0.513. The Balaban J connectivity index is 2.37. The Morgan fingerprint density at radius 3 is 2.69 bits per heavy atom. The fraction of sp³-hybridized carbons (Fsp3) is 0.500. The van der Waals surface area contributed by atoms with Crippen LogP contribution < -0.4 is 0 Å². The third-order valence-corrected chi connectivity index (χ3v) is 3.66. The predicted octanol–water partition coefficient (Wildman–Crippen LogP) is 4.71. The second kappa shape index (κ2) is 7.13. The van der Waals surface area contributed by atoms with Gasteiger partial charge in [0.2, 0.25) is 0 Å². The molecule has 0 radical (unpaired) electrons. The molecule has 0 spiro atoms. The van der Waals surface area contributed by atoms with Gasteiger partial charge in [-0.25, -0.2) is 8.78 Å². The summed E-state index contributed by atoms with van der Waals surface area (Å²) in [5.74, 6) is 1.04. The van der Waals surface area contributed by atoms with Gasteiger partial charge in [0.25, 0.3) is 0 Å². The van der Waals surface area contributed by atoms with E-state index in [0.29, 0.717) is 16.7 Å². The molecule has 16 heavy (non-hydrogen) atoms. The van der Waals surface area contributed by atoms with Gasteiger partial charge in [-0.3, -0.25) is 0 Å². The smallest absolute Gasteiger partial charge is 0.139 e. The zero-order chi connectivity index (χ0) is 12.0. The molecular formula is C12H15ClF2S. The summed E-state index contributed by atoms with van der Waals surface area (Å²) in [6, 6.07) is 3.69. The first-order chi connectivity index (χ1) is 7.63. The first-order valence-electron chi connectivity index (χ1n) is 5.27. The number of thioether (sulfide) groups is 1. The highest BCUT2D eigenvalue weighted by molar-refractivity contribution is 7.99. The molecule has 0 bridgehead atoms. The van der Waals surface area contributed by atoms with E-state index in [1.165, 1.54) is 23.9 Å². The standard InChI is InChI=1S/C12H15ClF2S/c1-9(4-6-13)5-7-16-12-3-2-10(14)8-11(12)15/h2-3,8-9H,4-7H2,1H3. The summed E-state index contributed by atoms with van der Waals surface area (Å²) in [6.07, 6.45) is 1.97. The third kappa shape index (κ3) is 4.71. The Bertz CT molecular complexity index is 331. The molecule has 0 heterocycles. The molecule has 0 N–H and O–H groups in total. The van der Waals surface area contributed by atoms with E-state index in [1.807, 2.05) is 0 Å². The van der Waals surface area contributed by atoms with Crippen LogP contribution in [0.25, 0.3) is 0 Å². The summed E-state index contributed by atoms with van der Waals surface area (Å²) in [5.41, 5.74) is 0. The topological polar surface area (TPSA) is 0 Å². The quantitative estimate of drug-likeness (QED) is 0.530. The molecule has 0 aromatic heterocycles. The van der Waals surface area contributed by atoms with E-state index in [-0.39, 0.29) is 0 Å². The maximum atomic E-state index is 13.2. The van der Waals surface area contributed by atoms with Gasteiger partial charge in [-0.15, -0.1) is 23.4 Å². The number of rotatable bonds is 6. The molecule has 0 aliphatic rings. The highest BCUT2D eigenvalue weighted by Crippen LogP contribution is 2.24. The minimum absolute atomic E-state index is 0.477. The van der Waals surface area contributed by atoms with E-state index < -0.39 is 11.6 Å². The van der Waals surface area contributed by atoms with E-state index in [0.717, 1.165) is 24.7 Å². The van der Waals surface area contributed by atoms with Gasteiger partial charge in [0, 0.05) is 16.8 Å². The van der Waals surface area contributed by atoms with Crippen LogP contribution in [0.2, 0.25) is 0 Å². The van der Waals surface area contributed by atoms with E-state index in [9.17, 15) is 8.78 Å². The van der Waals surface area contributed by atoms with Gasteiger partial charge in [-0.05, 0) is 36.6 Å². The monoisotopic (exact) mass is 264 g/mol. The second-order valence-corrected chi connectivity index (χ2v) is 5.31. The van der Waals surface area contributed by atoms with Crippen molar-refractivity contribution >= 4 is 23.4 Å². The van der Waals surface area contributed by atoms with Crippen LogP contribution in [0, 0.1) is 17.6 Å². The maximum Gasteiger partial charge on any atom is 0.139 e. The average Bonchev–Trinajstić information content (AvgIpc) is 2.22. The van der Waals surface area contributed by atoms with Crippen molar-refractivity contribution in [1.29, 1.82) is 0 Å². The lowest BCUT2D eigenvalue weighted by atomic mass is 10.1. The Hall–Kier alpha value is -0.280. The molecule has 1 atom stereocenters. The van der Waals surface area contributed by atoms with Gasteiger partial charge < -0.3 is 0 Å². The Morgan fingerprint density at radius 1 is 1.31 bits per heavy atom. The van der Waals surface area contributed by atoms with E-state index >= 15 is 0 Å². The van der Waals surface area contributed by atoms with Crippen LogP contribution in [0.15, 0.2) is 23.1 Å². The molecule has 90 valence electrons. The molecule has 0 aliphatic heterocycles. The molecule has 0 aliphatic carbocycles. The van der Waals surface area contributed by atoms with Crippen molar-refractivity contribution in [3.8, 4) is 0 Å². The van der Waals surface area contributed by atoms with Gasteiger partial charge in [0.1, 0.15) is 11.6 Å². The lowest BCUT2D eigenvalue weighted by Gasteiger charge is -2.09. The Labute approximate surface area is 104 Å². The van der Waals surface area contributed by atoms with Crippen LogP contribution in [0.4, 0.5) is 8.78 Å². The zero-order valence-corrected chi connectivity index (χ0v) is 10.8. The average molecular weight is 265 g/mol. The largest absolute Gasteiger partial charge is 0.207 e. The molecule has 0 nitrogen and oxygen atoms in total. The van der Waals surface area contributed by atoms with Crippen molar-refractivity contribution in [3.63, 3.8) is 0 Å². The first-order valence-corrected chi connectivity index (χ1v) is 6.79. The summed E-state index contributed by atoms with van der Waals surface area (Å²) in [7, 11) is 0. The molecule has 1 aromatic carbocycles. The van der Waals surface area contributed by atoms with Crippen molar-refractivity contribution in [1.82, 2.24) is 0 Å². The number of hydrogen-bond donors (Lipinski definition) is 0. The highest BCUT2D eigenvalue weighted by atomic mass is 35.5. The molecule has 0 saturated heterocycles. The molecule has 4 heteroatoms. The van der Waals surface area contributed by atoms with Crippen molar-refractivity contribution in [2.24, 2.45) is 5.92 Å². The molecule has 1 unspecified atom stereocenters. The number of benzene rings is 1. The van der Waals surface area contributed by atoms with Gasteiger partial charge in [-0.1, -0.05) is 6.92 Å². The highest BCUT2D eigenvalue weighted by Gasteiger charge is 2.06. The minimum Gasteiger partial charge on any atom is -0.207 e. The first kappa shape index (κ1) is 13.8. The second-order valence-electron chi connectivity index (χ2n) is 3.79. The lowest BCUT2D eigenvalue weighted by molar-refractivity contribution is 0.550. The number of halogens is 3. The Kier molecular flexibility index (Phi) is 6.14. The van der Waals surface area contributed by atoms with E-state index in [4.69, 9.17) is 11.6 Å². The van der Waals surface area contributed by atoms with Crippen molar-refractivity contribution in [2.75, 3.05) is 11.6 Å². The number of hydrogen-bond acceptors (Lipinski definition) is 1. The Morgan fingerprint density at radius 2 is 2.06 bits per heavy atom. The van der Waals surface area contributed by atoms with Crippen LogP contribution in [0.1, 0.15) is 19.8 Å².